The van der Waals surface area contributed by atoms with Crippen molar-refractivity contribution in [1.29, 1.82) is 0 Å². The molecule has 1 saturated heterocycles. The quantitative estimate of drug-likeness (QED) is 0.626. The van der Waals surface area contributed by atoms with Crippen molar-refractivity contribution in [3.63, 3.8) is 0 Å². The van der Waals surface area contributed by atoms with Crippen LogP contribution >= 0.6 is 0 Å². The number of nitrogens with zero attached hydrogens (tertiary/aromatic N) is 1. The molecule has 0 spiro atoms. The maximum absolute atomic E-state index is 10.9. The zero-order valence-electron chi connectivity index (χ0n) is 6.78. The number of ether oxygens (including phenoxy) is 1. The Morgan fingerprint density at radius 1 is 1.91 bits per heavy atom. The van der Waals surface area contributed by atoms with Crippen LogP contribution in [0.2, 0.25) is 0 Å². The highest BCUT2D eigenvalue weighted by atomic mass is 16.6. The molecule has 1 aliphatic heterocycles. The smallest absolute Gasteiger partial charge is 0.410 e. The Labute approximate surface area is 65.8 Å². The van der Waals surface area contributed by atoms with Gasteiger partial charge in [0.2, 0.25) is 0 Å². The van der Waals surface area contributed by atoms with Gasteiger partial charge in [0.25, 0.3) is 0 Å². The maximum atomic E-state index is 10.9. The van der Waals surface area contributed by atoms with E-state index in [0.717, 1.165) is 0 Å². The Morgan fingerprint density at radius 3 is 2.91 bits per heavy atom. The van der Waals surface area contributed by atoms with Gasteiger partial charge in [0, 0.05) is 0 Å². The van der Waals surface area contributed by atoms with E-state index in [0.29, 0.717) is 13.2 Å². The van der Waals surface area contributed by atoms with E-state index in [-0.39, 0.29) is 12.1 Å². The molecule has 0 radical (unpaired) electrons. The summed E-state index contributed by atoms with van der Waals surface area (Å²) in [5.74, 6) is 0. The fourth-order valence-corrected chi connectivity index (χ4v) is 1.08. The van der Waals surface area contributed by atoms with Gasteiger partial charge in [0.05, 0.1) is 18.7 Å². The fraction of sp³-hybridized carbons (Fsp3) is 0.857. The lowest BCUT2D eigenvalue weighted by molar-refractivity contribution is 0.121. The molecule has 0 aliphatic carbocycles. The van der Waals surface area contributed by atoms with Crippen molar-refractivity contribution in [3.05, 3.63) is 0 Å². The summed E-state index contributed by atoms with van der Waals surface area (Å²) in [7, 11) is 0. The second kappa shape index (κ2) is 3.09. The van der Waals surface area contributed by atoms with Crippen LogP contribution < -0.4 is 0 Å². The third-order valence-electron chi connectivity index (χ3n) is 1.68. The van der Waals surface area contributed by atoms with Crippen molar-refractivity contribution in [2.75, 3.05) is 13.2 Å². The molecule has 0 aromatic heterocycles. The summed E-state index contributed by atoms with van der Waals surface area (Å²) in [6.45, 7) is 4.34. The molecule has 0 aromatic carbocycles. The van der Waals surface area contributed by atoms with E-state index in [1.807, 2.05) is 6.92 Å². The first kappa shape index (κ1) is 8.33. The SMILES string of the molecule is C[C@H](O)CN1C(=O)OC[C@@H]1C. The van der Waals surface area contributed by atoms with E-state index < -0.39 is 6.10 Å². The van der Waals surface area contributed by atoms with Crippen molar-refractivity contribution in [1.82, 2.24) is 4.90 Å². The number of carbonyl (C=O) groups excluding carboxylic acids is 1. The molecular formula is C7H13NO3. The molecule has 64 valence electrons. The van der Waals surface area contributed by atoms with Crippen LogP contribution in [0.15, 0.2) is 0 Å². The minimum absolute atomic E-state index is 0.0945. The Kier molecular flexibility index (Phi) is 2.34. The standard InChI is InChI=1S/C7H13NO3/c1-5-4-11-7(10)8(5)3-6(2)9/h5-6,9H,3-4H2,1-2H3/t5-,6-/m0/s1. The second-order valence-corrected chi connectivity index (χ2v) is 2.93. The molecule has 11 heavy (non-hydrogen) atoms. The Hall–Kier alpha value is -0.770. The van der Waals surface area contributed by atoms with Crippen LogP contribution in [-0.2, 0) is 4.74 Å². The summed E-state index contributed by atoms with van der Waals surface area (Å²) in [6, 6.07) is 0.0945. The van der Waals surface area contributed by atoms with Crippen molar-refractivity contribution in [2.45, 2.75) is 26.0 Å². The number of cyclic esters (lactones) is 1. The number of amides is 1. The van der Waals surface area contributed by atoms with Gasteiger partial charge in [-0.05, 0) is 13.8 Å². The summed E-state index contributed by atoms with van der Waals surface area (Å²) in [5.41, 5.74) is 0. The van der Waals surface area contributed by atoms with Crippen LogP contribution in [0.1, 0.15) is 13.8 Å². The van der Waals surface area contributed by atoms with Gasteiger partial charge in [0.1, 0.15) is 6.61 Å². The summed E-state index contributed by atoms with van der Waals surface area (Å²) < 4.78 is 4.75. The molecule has 0 aromatic rings. The average molecular weight is 159 g/mol. The molecule has 4 heteroatoms. The van der Waals surface area contributed by atoms with E-state index in [2.05, 4.69) is 0 Å². The first-order valence-corrected chi connectivity index (χ1v) is 3.72. The zero-order chi connectivity index (χ0) is 8.43. The van der Waals surface area contributed by atoms with Crippen molar-refractivity contribution < 1.29 is 14.6 Å². The lowest BCUT2D eigenvalue weighted by atomic mass is 10.3. The van der Waals surface area contributed by atoms with E-state index in [9.17, 15) is 4.79 Å². The molecule has 1 amide bonds. The maximum Gasteiger partial charge on any atom is 0.410 e. The monoisotopic (exact) mass is 159 g/mol. The highest BCUT2D eigenvalue weighted by molar-refractivity contribution is 5.69. The van der Waals surface area contributed by atoms with Gasteiger partial charge >= 0.3 is 6.09 Å². The van der Waals surface area contributed by atoms with Crippen molar-refractivity contribution in [2.24, 2.45) is 0 Å². The van der Waals surface area contributed by atoms with E-state index in [4.69, 9.17) is 9.84 Å². The molecule has 1 heterocycles. The third kappa shape index (κ3) is 1.83. The Bertz CT molecular complexity index is 158. The largest absolute Gasteiger partial charge is 0.447 e. The number of aliphatic hydroxyl groups excluding tert-OH is 1. The molecule has 0 bridgehead atoms. The number of rotatable bonds is 2. The zero-order valence-corrected chi connectivity index (χ0v) is 6.78. The predicted molar refractivity (Wildman–Crippen MR) is 39.2 cm³/mol. The second-order valence-electron chi connectivity index (χ2n) is 2.93. The first-order valence-electron chi connectivity index (χ1n) is 3.72. The molecule has 1 rings (SSSR count). The van der Waals surface area contributed by atoms with E-state index in [1.54, 1.807) is 6.92 Å². The highest BCUT2D eigenvalue weighted by Gasteiger charge is 2.29. The van der Waals surface area contributed by atoms with Crippen LogP contribution in [0.3, 0.4) is 0 Å². The van der Waals surface area contributed by atoms with Crippen molar-refractivity contribution in [3.8, 4) is 0 Å². The van der Waals surface area contributed by atoms with E-state index in [1.165, 1.54) is 4.90 Å². The molecule has 1 aliphatic rings. The van der Waals surface area contributed by atoms with Gasteiger partial charge in [-0.25, -0.2) is 4.79 Å². The lowest BCUT2D eigenvalue weighted by Gasteiger charge is -2.18. The Morgan fingerprint density at radius 2 is 2.55 bits per heavy atom. The normalized spacial score (nSPS) is 27.0. The fourth-order valence-electron chi connectivity index (χ4n) is 1.08. The molecule has 4 nitrogen and oxygen atoms in total. The number of hydrogen-bond donors (Lipinski definition) is 1. The molecule has 1 N–H and O–H groups in total. The van der Waals surface area contributed by atoms with Gasteiger partial charge in [-0.2, -0.15) is 0 Å². The van der Waals surface area contributed by atoms with Crippen LogP contribution in [0, 0.1) is 0 Å². The summed E-state index contributed by atoms with van der Waals surface area (Å²) in [5, 5.41) is 9.00. The van der Waals surface area contributed by atoms with Crippen LogP contribution in [0.4, 0.5) is 4.79 Å². The van der Waals surface area contributed by atoms with Crippen molar-refractivity contribution >= 4 is 6.09 Å². The van der Waals surface area contributed by atoms with E-state index >= 15 is 0 Å². The third-order valence-corrected chi connectivity index (χ3v) is 1.68. The predicted octanol–water partition coefficient (Wildman–Crippen LogP) is 0.208. The summed E-state index contributed by atoms with van der Waals surface area (Å²) in [4.78, 5) is 12.4. The van der Waals surface area contributed by atoms with Crippen LogP contribution in [0.25, 0.3) is 0 Å². The molecule has 0 saturated carbocycles. The minimum Gasteiger partial charge on any atom is -0.447 e. The number of carbonyl (C=O) groups is 1. The van der Waals surface area contributed by atoms with Gasteiger partial charge in [-0.1, -0.05) is 0 Å². The van der Waals surface area contributed by atoms with Crippen LogP contribution in [0.5, 0.6) is 0 Å². The minimum atomic E-state index is -0.483. The average Bonchev–Trinajstić information content (AvgIpc) is 2.18. The van der Waals surface area contributed by atoms with Gasteiger partial charge in [-0.15, -0.1) is 0 Å². The number of aliphatic hydroxyl groups is 1. The lowest BCUT2D eigenvalue weighted by Crippen LogP contribution is -2.36. The Balaban J connectivity index is 2.48. The molecule has 2 atom stereocenters. The highest BCUT2D eigenvalue weighted by Crippen LogP contribution is 2.11. The number of β-amino-alcohol motifs (C(OH)–C–C–N with tert-alkyl or cyclic N) is 1. The van der Waals surface area contributed by atoms with Gasteiger partial charge in [0.15, 0.2) is 0 Å². The van der Waals surface area contributed by atoms with Crippen LogP contribution in [-0.4, -0.2) is 41.4 Å². The molecule has 0 unspecified atom stereocenters. The topological polar surface area (TPSA) is 49.8 Å². The summed E-state index contributed by atoms with van der Waals surface area (Å²) >= 11 is 0. The molecular weight excluding hydrogens is 146 g/mol. The molecule has 1 fully saturated rings. The summed E-state index contributed by atoms with van der Waals surface area (Å²) in [6.07, 6.45) is -0.804. The first-order chi connectivity index (χ1) is 5.11. The number of hydrogen-bond acceptors (Lipinski definition) is 3. The van der Waals surface area contributed by atoms with Gasteiger partial charge in [-0.3, -0.25) is 4.90 Å². The van der Waals surface area contributed by atoms with Gasteiger partial charge < -0.3 is 9.84 Å².